The summed E-state index contributed by atoms with van der Waals surface area (Å²) in [4.78, 5) is 22.5. The highest BCUT2D eigenvalue weighted by Crippen LogP contribution is 2.28. The first kappa shape index (κ1) is 16.5. The van der Waals surface area contributed by atoms with Gasteiger partial charge in [0.05, 0.1) is 10.2 Å². The van der Waals surface area contributed by atoms with Crippen molar-refractivity contribution in [3.63, 3.8) is 0 Å². The van der Waals surface area contributed by atoms with Crippen LogP contribution in [0.15, 0.2) is 30.2 Å². The molecule has 0 bridgehead atoms. The predicted octanol–water partition coefficient (Wildman–Crippen LogP) is 2.52. The van der Waals surface area contributed by atoms with Gasteiger partial charge in [0.1, 0.15) is 5.82 Å². The molecule has 0 atom stereocenters. The summed E-state index contributed by atoms with van der Waals surface area (Å²) < 4.78 is 1.02. The van der Waals surface area contributed by atoms with E-state index in [2.05, 4.69) is 37.4 Å². The lowest BCUT2D eigenvalue weighted by Crippen LogP contribution is -2.51. The number of carbonyl (C=O) groups is 1. The molecule has 4 heterocycles. The molecule has 8 nitrogen and oxygen atoms in total. The number of fused-ring (bicyclic) bond motifs is 1. The first-order chi connectivity index (χ1) is 12.6. The smallest absolute Gasteiger partial charge is 0.245 e. The van der Waals surface area contributed by atoms with Crippen molar-refractivity contribution >= 4 is 45.0 Å². The van der Waals surface area contributed by atoms with E-state index in [0.29, 0.717) is 17.7 Å². The maximum atomic E-state index is 11.5. The third kappa shape index (κ3) is 3.25. The molecule has 9 heteroatoms. The molecule has 0 saturated carbocycles. The van der Waals surface area contributed by atoms with Crippen molar-refractivity contribution in [2.45, 2.75) is 6.92 Å². The van der Waals surface area contributed by atoms with E-state index in [-0.39, 0.29) is 5.91 Å². The van der Waals surface area contributed by atoms with E-state index in [1.807, 2.05) is 24.4 Å². The van der Waals surface area contributed by atoms with E-state index >= 15 is 0 Å². The fourth-order valence-corrected chi connectivity index (χ4v) is 3.68. The van der Waals surface area contributed by atoms with Gasteiger partial charge in [-0.25, -0.2) is 4.98 Å². The highest BCUT2D eigenvalue weighted by atomic mass is 32.1. The molecular weight excluding hydrogens is 350 g/mol. The number of hydrogen-bond acceptors (Lipinski definition) is 7. The van der Waals surface area contributed by atoms with Gasteiger partial charge in [0.15, 0.2) is 5.82 Å². The summed E-state index contributed by atoms with van der Waals surface area (Å²) in [5.74, 6) is 2.38. The second kappa shape index (κ2) is 6.75. The van der Waals surface area contributed by atoms with Crippen LogP contribution in [0.5, 0.6) is 0 Å². The highest BCUT2D eigenvalue weighted by molar-refractivity contribution is 7.17. The predicted molar refractivity (Wildman–Crippen MR) is 103 cm³/mol. The Morgan fingerprint density at radius 1 is 1.50 bits per heavy atom. The fraction of sp³-hybridized carbons (Fsp3) is 0.294. The van der Waals surface area contributed by atoms with E-state index < -0.39 is 0 Å². The molecule has 0 unspecified atom stereocenters. The topological polar surface area (TPSA) is 98.8 Å². The Morgan fingerprint density at radius 3 is 3.08 bits per heavy atom. The summed E-state index contributed by atoms with van der Waals surface area (Å²) in [6.45, 7) is 7.70. The SMILES string of the molecule is C=CC(=O)N1CC(CNc2nc(Nc3cc(C)[nH]n3)nc3ccsc23)C1. The number of nitrogens with zero attached hydrogens (tertiary/aromatic N) is 4. The van der Waals surface area contributed by atoms with E-state index in [9.17, 15) is 4.79 Å². The molecule has 1 saturated heterocycles. The number of hydrogen-bond donors (Lipinski definition) is 3. The number of carbonyl (C=O) groups excluding carboxylic acids is 1. The number of aryl methyl sites for hydroxylation is 1. The van der Waals surface area contributed by atoms with Gasteiger partial charge >= 0.3 is 0 Å². The second-order valence-electron chi connectivity index (χ2n) is 6.29. The number of nitrogens with one attached hydrogen (secondary N) is 3. The number of H-pyrrole nitrogens is 1. The van der Waals surface area contributed by atoms with Gasteiger partial charge < -0.3 is 15.5 Å². The monoisotopic (exact) mass is 369 g/mol. The Hall–Kier alpha value is -2.94. The van der Waals surface area contributed by atoms with E-state index in [0.717, 1.165) is 41.4 Å². The molecule has 134 valence electrons. The summed E-state index contributed by atoms with van der Waals surface area (Å²) >= 11 is 1.60. The zero-order valence-corrected chi connectivity index (χ0v) is 15.1. The minimum atomic E-state index is -0.00952. The highest BCUT2D eigenvalue weighted by Gasteiger charge is 2.29. The van der Waals surface area contributed by atoms with Crippen molar-refractivity contribution in [3.8, 4) is 0 Å². The Morgan fingerprint density at radius 2 is 2.35 bits per heavy atom. The van der Waals surface area contributed by atoms with Gasteiger partial charge in [-0.05, 0) is 24.4 Å². The Bertz CT molecular complexity index is 957. The van der Waals surface area contributed by atoms with Crippen molar-refractivity contribution in [1.29, 1.82) is 0 Å². The van der Waals surface area contributed by atoms with Gasteiger partial charge in [-0.2, -0.15) is 10.1 Å². The molecule has 0 aliphatic carbocycles. The second-order valence-corrected chi connectivity index (χ2v) is 7.20. The van der Waals surface area contributed by atoms with Crippen molar-refractivity contribution in [1.82, 2.24) is 25.1 Å². The summed E-state index contributed by atoms with van der Waals surface area (Å²) in [6, 6.07) is 3.87. The summed E-state index contributed by atoms with van der Waals surface area (Å²) in [5, 5.41) is 15.6. The average molecular weight is 369 g/mol. The molecule has 1 aliphatic rings. The van der Waals surface area contributed by atoms with Crippen LogP contribution in [0.25, 0.3) is 10.2 Å². The molecule has 26 heavy (non-hydrogen) atoms. The lowest BCUT2D eigenvalue weighted by Gasteiger charge is -2.38. The largest absolute Gasteiger partial charge is 0.368 e. The molecule has 0 radical (unpaired) electrons. The first-order valence-electron chi connectivity index (χ1n) is 8.32. The number of amides is 1. The molecule has 4 rings (SSSR count). The normalized spacial score (nSPS) is 14.3. The maximum Gasteiger partial charge on any atom is 0.245 e. The molecule has 3 aromatic heterocycles. The molecule has 3 N–H and O–H groups in total. The van der Waals surface area contributed by atoms with Crippen LogP contribution in [0.3, 0.4) is 0 Å². The molecule has 1 amide bonds. The molecule has 3 aromatic rings. The van der Waals surface area contributed by atoms with E-state index in [1.54, 1.807) is 16.2 Å². The van der Waals surface area contributed by atoms with E-state index in [1.165, 1.54) is 6.08 Å². The van der Waals surface area contributed by atoms with Crippen LogP contribution >= 0.6 is 11.3 Å². The lowest BCUT2D eigenvalue weighted by molar-refractivity contribution is -0.131. The van der Waals surface area contributed by atoms with Crippen LogP contribution < -0.4 is 10.6 Å². The minimum Gasteiger partial charge on any atom is -0.368 e. The Kier molecular flexibility index (Phi) is 4.29. The molecule has 1 fully saturated rings. The summed E-state index contributed by atoms with van der Waals surface area (Å²) in [7, 11) is 0. The molecular formula is C17H19N7OS. The van der Waals surface area contributed by atoms with Crippen molar-refractivity contribution in [2.75, 3.05) is 30.3 Å². The first-order valence-corrected chi connectivity index (χ1v) is 9.20. The minimum absolute atomic E-state index is 0.00952. The number of aromatic nitrogens is 4. The van der Waals surface area contributed by atoms with Gasteiger partial charge in [-0.1, -0.05) is 6.58 Å². The van der Waals surface area contributed by atoms with Crippen LogP contribution in [-0.2, 0) is 4.79 Å². The molecule has 0 aromatic carbocycles. The molecule has 1 aliphatic heterocycles. The fourth-order valence-electron chi connectivity index (χ4n) is 2.88. The van der Waals surface area contributed by atoms with Crippen LogP contribution in [0.2, 0.25) is 0 Å². The third-order valence-corrected chi connectivity index (χ3v) is 5.16. The van der Waals surface area contributed by atoms with Crippen molar-refractivity contribution < 1.29 is 4.79 Å². The van der Waals surface area contributed by atoms with Gasteiger partial charge in [0, 0.05) is 37.3 Å². The van der Waals surface area contributed by atoms with Crippen LogP contribution in [0, 0.1) is 12.8 Å². The van der Waals surface area contributed by atoms with Crippen LogP contribution in [0.4, 0.5) is 17.6 Å². The number of thiophene rings is 1. The Labute approximate surface area is 154 Å². The van der Waals surface area contributed by atoms with Gasteiger partial charge in [0.25, 0.3) is 0 Å². The number of anilines is 3. The number of aromatic amines is 1. The van der Waals surface area contributed by atoms with Gasteiger partial charge in [-0.15, -0.1) is 11.3 Å². The number of rotatable bonds is 6. The average Bonchev–Trinajstić information content (AvgIpc) is 3.21. The quantitative estimate of drug-likeness (QED) is 0.578. The van der Waals surface area contributed by atoms with E-state index in [4.69, 9.17) is 0 Å². The van der Waals surface area contributed by atoms with Crippen molar-refractivity contribution in [2.24, 2.45) is 5.92 Å². The molecule has 0 spiro atoms. The van der Waals surface area contributed by atoms with Crippen LogP contribution in [-0.4, -0.2) is 50.6 Å². The standard InChI is InChI=1S/C17H19N7OS/c1-3-14(25)24-8-11(9-24)7-18-16-15-12(4-5-26-15)19-17(21-16)20-13-6-10(2)22-23-13/h3-6,11H,1,7-9H2,2H3,(H3,18,19,20,21,22,23). The zero-order chi connectivity index (χ0) is 18.1. The maximum absolute atomic E-state index is 11.5. The van der Waals surface area contributed by atoms with Gasteiger partial charge in [0.2, 0.25) is 11.9 Å². The zero-order valence-electron chi connectivity index (χ0n) is 14.3. The summed E-state index contributed by atoms with van der Waals surface area (Å²) in [5.41, 5.74) is 1.85. The summed E-state index contributed by atoms with van der Waals surface area (Å²) in [6.07, 6.45) is 1.36. The van der Waals surface area contributed by atoms with Crippen molar-refractivity contribution in [3.05, 3.63) is 35.9 Å². The Balaban J connectivity index is 1.46. The van der Waals surface area contributed by atoms with Crippen LogP contribution in [0.1, 0.15) is 5.69 Å². The van der Waals surface area contributed by atoms with Gasteiger partial charge in [-0.3, -0.25) is 9.89 Å². The lowest BCUT2D eigenvalue weighted by atomic mass is 10.00. The number of likely N-dealkylation sites (tertiary alicyclic amines) is 1. The third-order valence-electron chi connectivity index (χ3n) is 4.25.